The molecule has 1 saturated carbocycles. The van der Waals surface area contributed by atoms with Crippen molar-refractivity contribution >= 4 is 11.8 Å². The van der Waals surface area contributed by atoms with Gasteiger partial charge in [-0.25, -0.2) is 0 Å². The first-order chi connectivity index (χ1) is 10.1. The van der Waals surface area contributed by atoms with E-state index in [1.165, 1.54) is 10.5 Å². The first kappa shape index (κ1) is 12.8. The Hall–Kier alpha value is -1.90. The first-order valence-corrected chi connectivity index (χ1v) is 7.74. The minimum atomic E-state index is -0.0910. The molecule has 4 atom stereocenters. The van der Waals surface area contributed by atoms with Crippen LogP contribution in [0.1, 0.15) is 24.0 Å². The molecule has 2 fully saturated rings. The lowest BCUT2D eigenvalue weighted by molar-refractivity contribution is -0.140. The zero-order valence-electron chi connectivity index (χ0n) is 12.2. The third-order valence-corrected chi connectivity index (χ3v) is 5.31. The van der Waals surface area contributed by atoms with E-state index in [0.717, 1.165) is 18.4 Å². The average molecular weight is 281 g/mol. The maximum absolute atomic E-state index is 12.7. The highest BCUT2D eigenvalue weighted by molar-refractivity contribution is 6.06. The molecule has 108 valence electrons. The SMILES string of the molecule is Cc1ccc(CN2C(=O)[C@@H]3[C@H](C2=O)[C@H]2C=C[C@H]3CC2)cc1. The third kappa shape index (κ3) is 1.87. The number of fused-ring (bicyclic) bond motifs is 1. The van der Waals surface area contributed by atoms with Crippen molar-refractivity contribution in [3.63, 3.8) is 0 Å². The largest absolute Gasteiger partial charge is 0.278 e. The molecule has 21 heavy (non-hydrogen) atoms. The van der Waals surface area contributed by atoms with Gasteiger partial charge in [-0.3, -0.25) is 14.5 Å². The van der Waals surface area contributed by atoms with Crippen molar-refractivity contribution in [2.24, 2.45) is 23.7 Å². The fourth-order valence-electron chi connectivity index (χ4n) is 4.17. The molecule has 1 saturated heterocycles. The highest BCUT2D eigenvalue weighted by Crippen LogP contribution is 2.49. The fourth-order valence-corrected chi connectivity index (χ4v) is 4.17. The highest BCUT2D eigenvalue weighted by atomic mass is 16.2. The Labute approximate surface area is 124 Å². The number of hydrogen-bond donors (Lipinski definition) is 0. The minimum Gasteiger partial charge on any atom is -0.278 e. The van der Waals surface area contributed by atoms with Crippen molar-refractivity contribution in [2.75, 3.05) is 0 Å². The average Bonchev–Trinajstić information content (AvgIpc) is 2.78. The van der Waals surface area contributed by atoms with Crippen LogP contribution in [0.3, 0.4) is 0 Å². The van der Waals surface area contributed by atoms with Crippen molar-refractivity contribution in [2.45, 2.75) is 26.3 Å². The number of allylic oxidation sites excluding steroid dienone is 2. The van der Waals surface area contributed by atoms with Gasteiger partial charge in [-0.2, -0.15) is 0 Å². The van der Waals surface area contributed by atoms with E-state index in [0.29, 0.717) is 6.54 Å². The number of hydrogen-bond acceptors (Lipinski definition) is 2. The number of amides is 2. The summed E-state index contributed by atoms with van der Waals surface area (Å²) in [6, 6.07) is 8.06. The maximum Gasteiger partial charge on any atom is 0.234 e. The van der Waals surface area contributed by atoms with Gasteiger partial charge in [0.25, 0.3) is 0 Å². The van der Waals surface area contributed by atoms with Gasteiger partial charge in [0.2, 0.25) is 11.8 Å². The Morgan fingerprint density at radius 2 is 1.48 bits per heavy atom. The monoisotopic (exact) mass is 281 g/mol. The van der Waals surface area contributed by atoms with E-state index in [2.05, 4.69) is 12.2 Å². The number of carbonyl (C=O) groups excluding carboxylic acids is 2. The van der Waals surface area contributed by atoms with Gasteiger partial charge in [-0.1, -0.05) is 42.0 Å². The lowest BCUT2D eigenvalue weighted by Gasteiger charge is -2.38. The van der Waals surface area contributed by atoms with Crippen molar-refractivity contribution in [1.29, 1.82) is 0 Å². The molecular weight excluding hydrogens is 262 g/mol. The molecule has 2 bridgehead atoms. The van der Waals surface area contributed by atoms with Crippen LogP contribution in [0.4, 0.5) is 0 Å². The van der Waals surface area contributed by atoms with Crippen LogP contribution in [-0.2, 0) is 16.1 Å². The van der Waals surface area contributed by atoms with Crippen LogP contribution in [0.2, 0.25) is 0 Å². The molecule has 0 radical (unpaired) electrons. The normalized spacial score (nSPS) is 33.7. The number of benzene rings is 1. The molecule has 0 unspecified atom stereocenters. The molecule has 5 rings (SSSR count). The highest BCUT2D eigenvalue weighted by Gasteiger charge is 2.56. The van der Waals surface area contributed by atoms with Gasteiger partial charge in [-0.15, -0.1) is 0 Å². The molecular formula is C18H19NO2. The minimum absolute atomic E-state index is 0.0459. The number of likely N-dealkylation sites (tertiary alicyclic amines) is 1. The predicted octanol–water partition coefficient (Wildman–Crippen LogP) is 2.69. The molecule has 1 heterocycles. The third-order valence-electron chi connectivity index (χ3n) is 5.31. The molecule has 3 nitrogen and oxygen atoms in total. The Bertz CT molecular complexity index is 599. The summed E-state index contributed by atoms with van der Waals surface area (Å²) in [6.07, 6.45) is 6.44. The lowest BCUT2D eigenvalue weighted by atomic mass is 9.63. The van der Waals surface area contributed by atoms with Gasteiger partial charge in [0.1, 0.15) is 0 Å². The zero-order chi connectivity index (χ0) is 14.6. The Kier molecular flexibility index (Phi) is 2.78. The lowest BCUT2D eigenvalue weighted by Crippen LogP contribution is -2.38. The molecule has 1 aromatic carbocycles. The molecule has 0 N–H and O–H groups in total. The maximum atomic E-state index is 12.7. The van der Waals surface area contributed by atoms with E-state index in [1.54, 1.807) is 0 Å². The van der Waals surface area contributed by atoms with E-state index >= 15 is 0 Å². The van der Waals surface area contributed by atoms with E-state index in [-0.39, 0.29) is 35.5 Å². The molecule has 1 aliphatic heterocycles. The summed E-state index contributed by atoms with van der Waals surface area (Å²) in [5.74, 6) is 0.464. The Morgan fingerprint density at radius 3 is 1.95 bits per heavy atom. The van der Waals surface area contributed by atoms with Crippen LogP contribution >= 0.6 is 0 Å². The van der Waals surface area contributed by atoms with E-state index in [4.69, 9.17) is 0 Å². The number of imide groups is 1. The molecule has 1 aromatic rings. The van der Waals surface area contributed by atoms with Gasteiger partial charge in [0.15, 0.2) is 0 Å². The van der Waals surface area contributed by atoms with Crippen LogP contribution in [0.25, 0.3) is 0 Å². The van der Waals surface area contributed by atoms with Crippen molar-refractivity contribution < 1.29 is 9.59 Å². The predicted molar refractivity (Wildman–Crippen MR) is 79.1 cm³/mol. The van der Waals surface area contributed by atoms with Crippen molar-refractivity contribution in [3.05, 3.63) is 47.5 Å². The molecule has 0 spiro atoms. The van der Waals surface area contributed by atoms with Crippen LogP contribution < -0.4 is 0 Å². The fraction of sp³-hybridized carbons (Fsp3) is 0.444. The van der Waals surface area contributed by atoms with Gasteiger partial charge >= 0.3 is 0 Å². The van der Waals surface area contributed by atoms with Crippen LogP contribution in [0.15, 0.2) is 36.4 Å². The van der Waals surface area contributed by atoms with Crippen molar-refractivity contribution in [3.8, 4) is 0 Å². The summed E-state index contributed by atoms with van der Waals surface area (Å²) in [6.45, 7) is 2.46. The summed E-state index contributed by atoms with van der Waals surface area (Å²) in [5, 5.41) is 0. The van der Waals surface area contributed by atoms with E-state index in [1.807, 2.05) is 31.2 Å². The van der Waals surface area contributed by atoms with Crippen LogP contribution in [0, 0.1) is 30.6 Å². The topological polar surface area (TPSA) is 37.4 Å². The first-order valence-electron chi connectivity index (χ1n) is 7.74. The molecule has 4 aliphatic rings. The summed E-state index contributed by atoms with van der Waals surface area (Å²) in [4.78, 5) is 26.9. The molecule has 0 aromatic heterocycles. The summed E-state index contributed by atoms with van der Waals surface area (Å²) >= 11 is 0. The zero-order valence-corrected chi connectivity index (χ0v) is 12.2. The Morgan fingerprint density at radius 1 is 0.952 bits per heavy atom. The standard InChI is InChI=1S/C18H19NO2/c1-11-2-4-12(5-3-11)10-19-17(20)15-13-6-7-14(9-8-13)16(15)18(19)21/h2-7,13-16H,8-10H2,1H3/t13-,14-,15-,16+/m0/s1. The quantitative estimate of drug-likeness (QED) is 0.617. The second kappa shape index (κ2) is 4.55. The number of rotatable bonds is 2. The molecule has 3 aliphatic carbocycles. The molecule has 2 amide bonds. The summed E-state index contributed by atoms with van der Waals surface area (Å²) < 4.78 is 0. The smallest absolute Gasteiger partial charge is 0.234 e. The summed E-state index contributed by atoms with van der Waals surface area (Å²) in [5.41, 5.74) is 2.22. The second-order valence-corrected chi connectivity index (χ2v) is 6.59. The van der Waals surface area contributed by atoms with E-state index in [9.17, 15) is 9.59 Å². The van der Waals surface area contributed by atoms with E-state index < -0.39 is 0 Å². The van der Waals surface area contributed by atoms with Crippen LogP contribution in [-0.4, -0.2) is 16.7 Å². The second-order valence-electron chi connectivity index (χ2n) is 6.59. The Balaban J connectivity index is 1.61. The number of nitrogens with zero attached hydrogens (tertiary/aromatic N) is 1. The van der Waals surface area contributed by atoms with Gasteiger partial charge in [-0.05, 0) is 37.2 Å². The van der Waals surface area contributed by atoms with Gasteiger partial charge in [0, 0.05) is 0 Å². The van der Waals surface area contributed by atoms with Crippen LogP contribution in [0.5, 0.6) is 0 Å². The number of aryl methyl sites for hydroxylation is 1. The number of carbonyl (C=O) groups is 2. The summed E-state index contributed by atoms with van der Waals surface area (Å²) in [7, 11) is 0. The van der Waals surface area contributed by atoms with Gasteiger partial charge in [0.05, 0.1) is 18.4 Å². The van der Waals surface area contributed by atoms with Gasteiger partial charge < -0.3 is 0 Å². The van der Waals surface area contributed by atoms with Crippen molar-refractivity contribution in [1.82, 2.24) is 4.90 Å². The molecule has 3 heteroatoms.